The Balaban J connectivity index is 1.43. The van der Waals surface area contributed by atoms with Gasteiger partial charge in [0.1, 0.15) is 17.2 Å². The highest BCUT2D eigenvalue weighted by atomic mass is 19.1. The fourth-order valence-corrected chi connectivity index (χ4v) is 5.46. The van der Waals surface area contributed by atoms with Gasteiger partial charge < -0.3 is 15.3 Å². The van der Waals surface area contributed by atoms with E-state index in [1.807, 2.05) is 11.0 Å². The van der Waals surface area contributed by atoms with Gasteiger partial charge in [-0.1, -0.05) is 24.3 Å². The highest BCUT2D eigenvalue weighted by molar-refractivity contribution is 5.82. The van der Waals surface area contributed by atoms with Gasteiger partial charge in [-0.3, -0.25) is 9.69 Å². The number of fused-ring (bicyclic) bond motifs is 1. The summed E-state index contributed by atoms with van der Waals surface area (Å²) in [6, 6.07) is 13.9. The van der Waals surface area contributed by atoms with Crippen LogP contribution >= 0.6 is 0 Å². The molecule has 0 saturated carbocycles. The standard InChI is InChI=1S/C30H27FN8O3/c1-17-26(42-16-34-17)25-24(19-6-3-5-18(11-19)13-32)36-27(33)28-35-23(37-39(25)28)12-21-20(7-4-8-22(21)31)14-38-10-9-30(2,15-38)29(40)41/h3-8,11,16H,9-10,12,14-15H2,1-2H3,(H2,33,36)(H,40,41). The van der Waals surface area contributed by atoms with Crippen molar-refractivity contribution in [2.75, 3.05) is 18.8 Å². The number of oxazole rings is 1. The third-order valence-corrected chi connectivity index (χ3v) is 7.79. The Morgan fingerprint density at radius 1 is 1.26 bits per heavy atom. The number of benzene rings is 2. The number of halogens is 1. The Labute approximate surface area is 240 Å². The molecule has 6 rings (SSSR count). The maximum absolute atomic E-state index is 15.3. The van der Waals surface area contributed by atoms with Crippen LogP contribution in [0.5, 0.6) is 0 Å². The number of hydrogen-bond donors (Lipinski definition) is 2. The molecule has 4 heterocycles. The summed E-state index contributed by atoms with van der Waals surface area (Å²) in [5.74, 6) is -0.416. The summed E-state index contributed by atoms with van der Waals surface area (Å²) in [4.78, 5) is 27.2. The number of nitrogens with two attached hydrogens (primary N) is 1. The third kappa shape index (κ3) is 4.73. The minimum atomic E-state index is -0.832. The molecule has 1 unspecified atom stereocenters. The zero-order chi connectivity index (χ0) is 29.6. The lowest BCUT2D eigenvalue weighted by molar-refractivity contribution is -0.147. The van der Waals surface area contributed by atoms with E-state index in [4.69, 9.17) is 15.2 Å². The molecule has 1 fully saturated rings. The summed E-state index contributed by atoms with van der Waals surface area (Å²) in [5.41, 5.74) is 9.50. The van der Waals surface area contributed by atoms with E-state index < -0.39 is 17.2 Å². The van der Waals surface area contributed by atoms with Crippen LogP contribution in [-0.2, 0) is 17.8 Å². The van der Waals surface area contributed by atoms with Crippen molar-refractivity contribution in [3.63, 3.8) is 0 Å². The molecule has 3 aromatic heterocycles. The second kappa shape index (κ2) is 10.4. The molecule has 1 saturated heterocycles. The molecule has 212 valence electrons. The molecule has 5 aromatic rings. The monoisotopic (exact) mass is 566 g/mol. The van der Waals surface area contributed by atoms with Crippen LogP contribution in [0.2, 0.25) is 0 Å². The smallest absolute Gasteiger partial charge is 0.310 e. The molecule has 1 atom stereocenters. The van der Waals surface area contributed by atoms with Crippen molar-refractivity contribution in [3.05, 3.63) is 82.9 Å². The van der Waals surface area contributed by atoms with E-state index in [9.17, 15) is 15.2 Å². The Kier molecular flexibility index (Phi) is 6.67. The summed E-state index contributed by atoms with van der Waals surface area (Å²) in [7, 11) is 0. The van der Waals surface area contributed by atoms with Crippen molar-refractivity contribution < 1.29 is 18.7 Å². The fourth-order valence-electron chi connectivity index (χ4n) is 5.46. The maximum Gasteiger partial charge on any atom is 0.310 e. The lowest BCUT2D eigenvalue weighted by Gasteiger charge is -2.21. The number of nitrogen functional groups attached to an aromatic ring is 1. The average Bonchev–Trinajstić information content (AvgIpc) is 3.70. The summed E-state index contributed by atoms with van der Waals surface area (Å²) in [6.45, 7) is 4.90. The lowest BCUT2D eigenvalue weighted by atomic mass is 9.90. The average molecular weight is 567 g/mol. The van der Waals surface area contributed by atoms with Gasteiger partial charge in [-0.2, -0.15) is 10.4 Å². The first-order valence-corrected chi connectivity index (χ1v) is 13.3. The first-order chi connectivity index (χ1) is 20.2. The molecule has 0 spiro atoms. The number of aliphatic carboxylic acids is 1. The van der Waals surface area contributed by atoms with Gasteiger partial charge in [0.05, 0.1) is 22.7 Å². The predicted molar refractivity (Wildman–Crippen MR) is 150 cm³/mol. The molecule has 11 nitrogen and oxygen atoms in total. The van der Waals surface area contributed by atoms with E-state index in [1.54, 1.807) is 44.2 Å². The molecule has 0 bridgehead atoms. The van der Waals surface area contributed by atoms with Gasteiger partial charge in [0, 0.05) is 25.1 Å². The normalized spacial score (nSPS) is 17.1. The number of carboxylic acid groups (broad SMARTS) is 1. The van der Waals surface area contributed by atoms with Crippen molar-refractivity contribution >= 4 is 17.4 Å². The quantitative estimate of drug-likeness (QED) is 0.292. The number of aryl methyl sites for hydroxylation is 1. The summed E-state index contributed by atoms with van der Waals surface area (Å²) in [5, 5.41) is 23.8. The molecule has 0 aliphatic carbocycles. The predicted octanol–water partition coefficient (Wildman–Crippen LogP) is 4.24. The maximum atomic E-state index is 15.3. The van der Waals surface area contributed by atoms with E-state index in [2.05, 4.69) is 21.0 Å². The number of nitrogens with zero attached hydrogens (tertiary/aromatic N) is 7. The number of aromatic nitrogens is 5. The van der Waals surface area contributed by atoms with Gasteiger partial charge in [-0.05, 0) is 56.1 Å². The SMILES string of the molecule is Cc1ncoc1-c1c(-c2cccc(C#N)c2)nc(N)c2nc(Cc3c(F)cccc3CN3CCC(C)(C(=O)O)C3)nn12. The van der Waals surface area contributed by atoms with Crippen LogP contribution in [0.25, 0.3) is 28.4 Å². The van der Waals surface area contributed by atoms with E-state index in [1.165, 1.54) is 17.0 Å². The number of carboxylic acids is 1. The second-order valence-electron chi connectivity index (χ2n) is 10.8. The molecule has 42 heavy (non-hydrogen) atoms. The molecule has 12 heteroatoms. The van der Waals surface area contributed by atoms with Crippen molar-refractivity contribution in [1.29, 1.82) is 5.26 Å². The molecule has 0 radical (unpaired) electrons. The molecule has 3 N–H and O–H groups in total. The Morgan fingerprint density at radius 2 is 2.07 bits per heavy atom. The Morgan fingerprint density at radius 3 is 2.79 bits per heavy atom. The van der Waals surface area contributed by atoms with Gasteiger partial charge in [0.2, 0.25) is 0 Å². The molecule has 2 aromatic carbocycles. The van der Waals surface area contributed by atoms with Crippen LogP contribution in [0.15, 0.2) is 53.3 Å². The van der Waals surface area contributed by atoms with Crippen LogP contribution in [-0.4, -0.2) is 53.6 Å². The summed E-state index contributed by atoms with van der Waals surface area (Å²) < 4.78 is 22.5. The number of rotatable bonds is 7. The van der Waals surface area contributed by atoms with Crippen LogP contribution in [0.3, 0.4) is 0 Å². The van der Waals surface area contributed by atoms with Gasteiger partial charge in [-0.25, -0.2) is 23.9 Å². The topological polar surface area (TPSA) is 159 Å². The second-order valence-corrected chi connectivity index (χ2v) is 10.8. The first-order valence-electron chi connectivity index (χ1n) is 13.3. The molecule has 1 aliphatic rings. The zero-order valence-corrected chi connectivity index (χ0v) is 23.0. The first kappa shape index (κ1) is 27.0. The minimum Gasteiger partial charge on any atom is -0.481 e. The van der Waals surface area contributed by atoms with Crippen LogP contribution in [0.1, 0.15) is 41.6 Å². The van der Waals surface area contributed by atoms with Gasteiger partial charge in [-0.15, -0.1) is 0 Å². The molecule has 1 aliphatic heterocycles. The highest BCUT2D eigenvalue weighted by Crippen LogP contribution is 2.35. The van der Waals surface area contributed by atoms with E-state index in [0.717, 1.165) is 5.56 Å². The van der Waals surface area contributed by atoms with Crippen molar-refractivity contribution in [2.24, 2.45) is 5.41 Å². The van der Waals surface area contributed by atoms with Crippen LogP contribution < -0.4 is 5.73 Å². The molecular formula is C30H27FN8O3. The number of nitriles is 1. The van der Waals surface area contributed by atoms with E-state index in [-0.39, 0.29) is 17.9 Å². The molecular weight excluding hydrogens is 539 g/mol. The van der Waals surface area contributed by atoms with E-state index in [0.29, 0.717) is 71.4 Å². The van der Waals surface area contributed by atoms with E-state index >= 15 is 4.39 Å². The largest absolute Gasteiger partial charge is 0.481 e. The number of hydrogen-bond acceptors (Lipinski definition) is 9. The van der Waals surface area contributed by atoms with Gasteiger partial charge >= 0.3 is 5.97 Å². The Bertz CT molecular complexity index is 1890. The highest BCUT2D eigenvalue weighted by Gasteiger charge is 2.40. The number of anilines is 1. The van der Waals surface area contributed by atoms with Crippen molar-refractivity contribution in [3.8, 4) is 28.8 Å². The van der Waals surface area contributed by atoms with Crippen LogP contribution in [0, 0.1) is 29.5 Å². The van der Waals surface area contributed by atoms with Crippen molar-refractivity contribution in [2.45, 2.75) is 33.2 Å². The summed E-state index contributed by atoms with van der Waals surface area (Å²) >= 11 is 0. The zero-order valence-electron chi connectivity index (χ0n) is 23.0. The summed E-state index contributed by atoms with van der Waals surface area (Å²) in [6.07, 6.45) is 1.91. The number of carbonyl (C=O) groups is 1. The minimum absolute atomic E-state index is 0.0707. The number of likely N-dealkylation sites (tertiary alicyclic amines) is 1. The van der Waals surface area contributed by atoms with Crippen LogP contribution in [0.4, 0.5) is 10.2 Å². The lowest BCUT2D eigenvalue weighted by Crippen LogP contribution is -2.31. The third-order valence-electron chi connectivity index (χ3n) is 7.79. The Hall–Kier alpha value is -5.15. The van der Waals surface area contributed by atoms with Crippen molar-refractivity contribution in [1.82, 2.24) is 29.5 Å². The van der Waals surface area contributed by atoms with Gasteiger partial charge in [0.25, 0.3) is 0 Å². The molecule has 0 amide bonds. The van der Waals surface area contributed by atoms with Gasteiger partial charge in [0.15, 0.2) is 29.4 Å². The fraction of sp³-hybridized carbons (Fsp3) is 0.267.